The Bertz CT molecular complexity index is 950. The average Bonchev–Trinajstić information content (AvgIpc) is 3.22. The Labute approximate surface area is 156 Å². The number of benzene rings is 2. The molecule has 0 saturated carbocycles. The lowest BCUT2D eigenvalue weighted by atomic mass is 10.1. The number of hydrogen-bond acceptors (Lipinski definition) is 6. The number of ether oxygens (including phenoxy) is 1. The molecule has 0 spiro atoms. The van der Waals surface area contributed by atoms with Crippen molar-refractivity contribution in [1.29, 1.82) is 0 Å². The molecule has 1 heterocycles. The van der Waals surface area contributed by atoms with E-state index in [0.29, 0.717) is 18.7 Å². The predicted molar refractivity (Wildman–Crippen MR) is 97.4 cm³/mol. The molecule has 142 valence electrons. The molecule has 1 aliphatic rings. The largest absolute Gasteiger partial charge is 0.485 e. The quantitative estimate of drug-likeness (QED) is 0.409. The third-order valence-corrected chi connectivity index (χ3v) is 6.19. The third-order valence-electron chi connectivity index (χ3n) is 4.28. The van der Waals surface area contributed by atoms with Gasteiger partial charge in [-0.3, -0.25) is 14.9 Å². The molecule has 8 nitrogen and oxygen atoms in total. The van der Waals surface area contributed by atoms with Crippen LogP contribution in [0.25, 0.3) is 0 Å². The Kier molecular flexibility index (Phi) is 5.52. The van der Waals surface area contributed by atoms with Gasteiger partial charge in [0.1, 0.15) is 5.75 Å². The summed E-state index contributed by atoms with van der Waals surface area (Å²) in [7, 11) is -3.52. The summed E-state index contributed by atoms with van der Waals surface area (Å²) >= 11 is 0. The third kappa shape index (κ3) is 4.32. The first-order valence-corrected chi connectivity index (χ1v) is 9.82. The van der Waals surface area contributed by atoms with E-state index in [1.165, 1.54) is 52.8 Å². The van der Waals surface area contributed by atoms with Gasteiger partial charge in [0.15, 0.2) is 12.4 Å². The van der Waals surface area contributed by atoms with Gasteiger partial charge >= 0.3 is 0 Å². The van der Waals surface area contributed by atoms with Gasteiger partial charge in [-0.15, -0.1) is 0 Å². The lowest BCUT2D eigenvalue weighted by molar-refractivity contribution is -0.384. The molecule has 0 N–H and O–H groups in total. The normalized spacial score (nSPS) is 14.8. The van der Waals surface area contributed by atoms with Crippen LogP contribution in [0.1, 0.15) is 23.2 Å². The van der Waals surface area contributed by atoms with Crippen LogP contribution in [0.5, 0.6) is 5.75 Å². The number of carbonyl (C=O) groups excluding carboxylic acids is 1. The summed E-state index contributed by atoms with van der Waals surface area (Å²) in [5.41, 5.74) is 0.178. The Morgan fingerprint density at radius 1 is 1.11 bits per heavy atom. The maximum absolute atomic E-state index is 12.5. The van der Waals surface area contributed by atoms with Crippen LogP contribution in [0.4, 0.5) is 5.69 Å². The first kappa shape index (κ1) is 19.0. The predicted octanol–water partition coefficient (Wildman–Crippen LogP) is 2.64. The maximum atomic E-state index is 12.5. The Morgan fingerprint density at radius 2 is 1.78 bits per heavy atom. The SMILES string of the molecule is O=C(COc1cccc([N+](=O)[O-])c1)c1ccc(S(=O)(=O)N2CCCC2)cc1. The summed E-state index contributed by atoms with van der Waals surface area (Å²) in [5.74, 6) is -0.141. The molecule has 3 rings (SSSR count). The highest BCUT2D eigenvalue weighted by Crippen LogP contribution is 2.22. The molecule has 0 aromatic heterocycles. The van der Waals surface area contributed by atoms with Crippen LogP contribution >= 0.6 is 0 Å². The highest BCUT2D eigenvalue weighted by Gasteiger charge is 2.27. The van der Waals surface area contributed by atoms with Crippen LogP contribution in [0.2, 0.25) is 0 Å². The molecule has 0 bridgehead atoms. The molecule has 0 unspecified atom stereocenters. The summed E-state index contributed by atoms with van der Waals surface area (Å²) in [4.78, 5) is 22.6. The lowest BCUT2D eigenvalue weighted by Gasteiger charge is -2.15. The molecule has 1 aliphatic heterocycles. The molecule has 27 heavy (non-hydrogen) atoms. The number of nitrogens with zero attached hydrogens (tertiary/aromatic N) is 2. The molecule has 0 atom stereocenters. The summed E-state index contributed by atoms with van der Waals surface area (Å²) < 4.78 is 31.7. The van der Waals surface area contributed by atoms with E-state index in [4.69, 9.17) is 4.74 Å². The molecule has 0 radical (unpaired) electrons. The summed E-state index contributed by atoms with van der Waals surface area (Å²) in [6, 6.07) is 11.3. The molecule has 0 amide bonds. The van der Waals surface area contributed by atoms with Gasteiger partial charge in [0, 0.05) is 24.7 Å². The lowest BCUT2D eigenvalue weighted by Crippen LogP contribution is -2.27. The average molecular weight is 390 g/mol. The van der Waals surface area contributed by atoms with E-state index in [1.807, 2.05) is 0 Å². The topological polar surface area (TPSA) is 107 Å². The van der Waals surface area contributed by atoms with Crippen molar-refractivity contribution in [1.82, 2.24) is 4.31 Å². The van der Waals surface area contributed by atoms with E-state index in [9.17, 15) is 23.3 Å². The standard InChI is InChI=1S/C18H18N2O6S/c21-18(13-26-16-5-3-4-15(12-16)20(22)23)14-6-8-17(9-7-14)27(24,25)19-10-1-2-11-19/h3-9,12H,1-2,10-11,13H2. The maximum Gasteiger partial charge on any atom is 0.273 e. The summed E-state index contributed by atoms with van der Waals surface area (Å²) in [5, 5.41) is 10.8. The molecular formula is C18H18N2O6S. The van der Waals surface area contributed by atoms with Gasteiger partial charge in [-0.05, 0) is 43.2 Å². The Hall–Kier alpha value is -2.78. The van der Waals surface area contributed by atoms with Gasteiger partial charge < -0.3 is 4.74 Å². The highest BCUT2D eigenvalue weighted by atomic mass is 32.2. The molecule has 0 aliphatic carbocycles. The fourth-order valence-electron chi connectivity index (χ4n) is 2.81. The van der Waals surface area contributed by atoms with Crippen LogP contribution in [-0.2, 0) is 10.0 Å². The molecular weight excluding hydrogens is 372 g/mol. The van der Waals surface area contributed by atoms with Crippen LogP contribution in [0.15, 0.2) is 53.4 Å². The molecule has 1 fully saturated rings. The Morgan fingerprint density at radius 3 is 2.41 bits per heavy atom. The summed E-state index contributed by atoms with van der Waals surface area (Å²) in [6.45, 7) is 0.722. The second kappa shape index (κ2) is 7.85. The highest BCUT2D eigenvalue weighted by molar-refractivity contribution is 7.89. The van der Waals surface area contributed by atoms with Gasteiger partial charge in [-0.25, -0.2) is 8.42 Å². The molecule has 1 saturated heterocycles. The molecule has 9 heteroatoms. The minimum atomic E-state index is -3.52. The van der Waals surface area contributed by atoms with Crippen molar-refractivity contribution in [3.63, 3.8) is 0 Å². The van der Waals surface area contributed by atoms with E-state index in [-0.39, 0.29) is 28.7 Å². The van der Waals surface area contributed by atoms with Crippen LogP contribution in [-0.4, -0.2) is 43.1 Å². The number of non-ortho nitro benzene ring substituents is 1. The van der Waals surface area contributed by atoms with E-state index in [0.717, 1.165) is 12.8 Å². The van der Waals surface area contributed by atoms with Crippen molar-refractivity contribution >= 4 is 21.5 Å². The van der Waals surface area contributed by atoms with Crippen molar-refractivity contribution in [2.75, 3.05) is 19.7 Å². The fraction of sp³-hybridized carbons (Fsp3) is 0.278. The van der Waals surface area contributed by atoms with Gasteiger partial charge in [-0.1, -0.05) is 6.07 Å². The molecule has 2 aromatic carbocycles. The van der Waals surface area contributed by atoms with Crippen molar-refractivity contribution in [3.8, 4) is 5.75 Å². The minimum absolute atomic E-state index is 0.128. The van der Waals surface area contributed by atoms with Crippen molar-refractivity contribution < 1.29 is 22.9 Å². The van der Waals surface area contributed by atoms with Crippen LogP contribution in [0.3, 0.4) is 0 Å². The smallest absolute Gasteiger partial charge is 0.273 e. The van der Waals surface area contributed by atoms with Crippen molar-refractivity contribution in [2.45, 2.75) is 17.7 Å². The zero-order chi connectivity index (χ0) is 19.4. The second-order valence-corrected chi connectivity index (χ2v) is 8.04. The number of nitro groups is 1. The van der Waals surface area contributed by atoms with Crippen LogP contribution < -0.4 is 4.74 Å². The number of rotatable bonds is 7. The van der Waals surface area contributed by atoms with E-state index >= 15 is 0 Å². The minimum Gasteiger partial charge on any atom is -0.485 e. The number of sulfonamides is 1. The second-order valence-electron chi connectivity index (χ2n) is 6.10. The number of Topliss-reactive ketones (excluding diaryl/α,β-unsaturated/α-hetero) is 1. The van der Waals surface area contributed by atoms with Gasteiger partial charge in [0.05, 0.1) is 15.9 Å². The van der Waals surface area contributed by atoms with E-state index in [2.05, 4.69) is 0 Å². The Balaban J connectivity index is 1.65. The zero-order valence-corrected chi connectivity index (χ0v) is 15.2. The van der Waals surface area contributed by atoms with Crippen molar-refractivity contribution in [3.05, 3.63) is 64.2 Å². The van der Waals surface area contributed by atoms with Gasteiger partial charge in [-0.2, -0.15) is 4.31 Å². The zero-order valence-electron chi connectivity index (χ0n) is 14.4. The van der Waals surface area contributed by atoms with Gasteiger partial charge in [0.25, 0.3) is 5.69 Å². The molecule has 2 aromatic rings. The first-order valence-electron chi connectivity index (χ1n) is 8.38. The number of hydrogen-bond donors (Lipinski definition) is 0. The number of carbonyl (C=O) groups is 1. The number of nitro benzene ring substituents is 1. The van der Waals surface area contributed by atoms with Gasteiger partial charge in [0.2, 0.25) is 10.0 Å². The van der Waals surface area contributed by atoms with Crippen molar-refractivity contribution in [2.24, 2.45) is 0 Å². The monoisotopic (exact) mass is 390 g/mol. The van der Waals surface area contributed by atoms with E-state index < -0.39 is 14.9 Å². The van der Waals surface area contributed by atoms with E-state index in [1.54, 1.807) is 0 Å². The first-order chi connectivity index (χ1) is 12.9. The number of ketones is 1. The fourth-order valence-corrected chi connectivity index (χ4v) is 4.33. The van der Waals surface area contributed by atoms with Crippen LogP contribution in [0, 0.1) is 10.1 Å². The summed E-state index contributed by atoms with van der Waals surface area (Å²) in [6.07, 6.45) is 1.70.